The van der Waals surface area contributed by atoms with Crippen molar-refractivity contribution in [2.75, 3.05) is 12.0 Å². The Morgan fingerprint density at radius 3 is 2.50 bits per heavy atom. The summed E-state index contributed by atoms with van der Waals surface area (Å²) in [6.07, 6.45) is 0. The molecule has 0 fully saturated rings. The number of rotatable bonds is 5. The molecule has 1 heterocycles. The van der Waals surface area contributed by atoms with Gasteiger partial charge in [0.1, 0.15) is 5.75 Å². The van der Waals surface area contributed by atoms with E-state index in [4.69, 9.17) is 4.74 Å². The van der Waals surface area contributed by atoms with E-state index in [0.717, 1.165) is 10.9 Å². The number of methoxy groups -OCH3 is 1. The molecule has 0 aliphatic carbocycles. The molecule has 1 N–H and O–H groups in total. The van der Waals surface area contributed by atoms with Gasteiger partial charge in [-0.1, -0.05) is 42.5 Å². The van der Waals surface area contributed by atoms with Crippen LogP contribution in [0.25, 0.3) is 10.9 Å². The quantitative estimate of drug-likeness (QED) is 0.446. The number of nitrogens with zero attached hydrogens (tertiary/aromatic N) is 1. The molecule has 0 aliphatic heterocycles. The molecule has 6 heteroatoms. The van der Waals surface area contributed by atoms with Crippen molar-refractivity contribution in [1.82, 2.24) is 4.98 Å². The first-order chi connectivity index (χ1) is 14.6. The van der Waals surface area contributed by atoms with Crippen LogP contribution in [-0.2, 0) is 6.54 Å². The smallest absolute Gasteiger partial charge is 0.259 e. The molecule has 4 rings (SSSR count). The fourth-order valence-corrected chi connectivity index (χ4v) is 3.83. The van der Waals surface area contributed by atoms with Crippen LogP contribution in [-0.4, -0.2) is 18.0 Å². The van der Waals surface area contributed by atoms with Crippen LogP contribution < -0.4 is 15.2 Å². The van der Waals surface area contributed by atoms with Crippen LogP contribution >= 0.6 is 15.9 Å². The van der Waals surface area contributed by atoms with Gasteiger partial charge in [-0.2, -0.15) is 0 Å². The number of ether oxygens (including phenoxy) is 1. The number of para-hydroxylation sites is 3. The number of hydrogen-bond donors (Lipinski definition) is 1. The second-order valence-electron chi connectivity index (χ2n) is 6.75. The van der Waals surface area contributed by atoms with E-state index in [1.54, 1.807) is 30.2 Å². The van der Waals surface area contributed by atoms with Crippen LogP contribution in [0.4, 0.5) is 5.69 Å². The number of nitrogens with one attached hydrogen (secondary N) is 1. The minimum atomic E-state index is -0.237. The number of hydrogen-bond acceptors (Lipinski definition) is 3. The van der Waals surface area contributed by atoms with Crippen molar-refractivity contribution in [3.63, 3.8) is 0 Å². The highest BCUT2D eigenvalue weighted by Crippen LogP contribution is 2.31. The van der Waals surface area contributed by atoms with Crippen molar-refractivity contribution in [3.05, 3.63) is 105 Å². The topological polar surface area (TPSA) is 62.4 Å². The zero-order chi connectivity index (χ0) is 21.1. The zero-order valence-corrected chi connectivity index (χ0v) is 17.8. The molecule has 0 saturated heterocycles. The van der Waals surface area contributed by atoms with E-state index >= 15 is 0 Å². The number of amides is 1. The molecular weight excluding hydrogens is 444 g/mol. The van der Waals surface area contributed by atoms with E-state index in [2.05, 4.69) is 20.9 Å². The molecule has 3 aromatic carbocycles. The number of fused-ring (bicyclic) bond motifs is 1. The first kappa shape index (κ1) is 19.9. The molecule has 1 amide bonds. The number of aromatic nitrogens is 1. The van der Waals surface area contributed by atoms with Crippen molar-refractivity contribution in [2.24, 2.45) is 0 Å². The summed E-state index contributed by atoms with van der Waals surface area (Å²) >= 11 is 3.46. The van der Waals surface area contributed by atoms with Gasteiger partial charge in [-0.05, 0) is 57.7 Å². The van der Waals surface area contributed by atoms with Crippen molar-refractivity contribution in [2.45, 2.75) is 6.54 Å². The fraction of sp³-hybridized carbons (Fsp3) is 0.0833. The maximum absolute atomic E-state index is 13.5. The summed E-state index contributed by atoms with van der Waals surface area (Å²) in [6, 6.07) is 23.9. The summed E-state index contributed by atoms with van der Waals surface area (Å²) in [5.74, 6) is 0.314. The number of H-pyrrole nitrogens is 1. The molecule has 0 spiro atoms. The van der Waals surface area contributed by atoms with Crippen LogP contribution in [0, 0.1) is 0 Å². The molecule has 0 radical (unpaired) electrons. The molecule has 0 aliphatic rings. The average molecular weight is 463 g/mol. The lowest BCUT2D eigenvalue weighted by Crippen LogP contribution is -2.33. The third-order valence-corrected chi connectivity index (χ3v) is 5.58. The van der Waals surface area contributed by atoms with Gasteiger partial charge in [0.15, 0.2) is 0 Å². The second kappa shape index (κ2) is 8.55. The third-order valence-electron chi connectivity index (χ3n) is 4.88. The lowest BCUT2D eigenvalue weighted by Gasteiger charge is -2.25. The summed E-state index contributed by atoms with van der Waals surface area (Å²) in [4.78, 5) is 30.8. The molecule has 0 atom stereocenters. The Hall–Kier alpha value is -3.38. The Morgan fingerprint density at radius 2 is 1.70 bits per heavy atom. The Balaban J connectivity index is 1.84. The SMILES string of the molecule is COc1ccccc1N(Cc1cc2ccccc2[nH]c1=O)C(=O)c1ccccc1Br. The Kier molecular flexibility index (Phi) is 5.68. The van der Waals surface area contributed by atoms with Gasteiger partial charge in [-0.3, -0.25) is 9.59 Å². The van der Waals surface area contributed by atoms with Crippen LogP contribution in [0.3, 0.4) is 0 Å². The minimum Gasteiger partial charge on any atom is -0.495 e. The molecule has 30 heavy (non-hydrogen) atoms. The summed E-state index contributed by atoms with van der Waals surface area (Å²) in [7, 11) is 1.56. The number of aromatic amines is 1. The molecular formula is C24H19BrN2O3. The van der Waals surface area contributed by atoms with Crippen molar-refractivity contribution in [3.8, 4) is 5.75 Å². The number of carbonyl (C=O) groups excluding carboxylic acids is 1. The maximum atomic E-state index is 13.5. The largest absolute Gasteiger partial charge is 0.495 e. The van der Waals surface area contributed by atoms with Gasteiger partial charge in [0.05, 0.1) is 24.9 Å². The molecule has 1 aromatic heterocycles. The van der Waals surface area contributed by atoms with E-state index in [0.29, 0.717) is 27.0 Å². The monoisotopic (exact) mass is 462 g/mol. The van der Waals surface area contributed by atoms with Gasteiger partial charge in [-0.15, -0.1) is 0 Å². The number of carbonyl (C=O) groups is 1. The normalized spacial score (nSPS) is 10.7. The highest BCUT2D eigenvalue weighted by atomic mass is 79.9. The van der Waals surface area contributed by atoms with Gasteiger partial charge in [-0.25, -0.2) is 0 Å². The fourth-order valence-electron chi connectivity index (χ4n) is 3.38. The van der Waals surface area contributed by atoms with Crippen LogP contribution in [0.2, 0.25) is 0 Å². The second-order valence-corrected chi connectivity index (χ2v) is 7.61. The molecule has 4 aromatic rings. The standard InChI is InChI=1S/C24H19BrN2O3/c1-30-22-13-7-6-12-21(22)27(24(29)18-9-3-4-10-19(18)25)15-17-14-16-8-2-5-11-20(16)26-23(17)28/h2-14H,15H2,1H3,(H,26,28). The predicted molar refractivity (Wildman–Crippen MR) is 122 cm³/mol. The number of halogens is 1. The van der Waals surface area contributed by atoms with E-state index in [-0.39, 0.29) is 18.0 Å². The lowest BCUT2D eigenvalue weighted by atomic mass is 10.1. The van der Waals surface area contributed by atoms with Gasteiger partial charge in [0.25, 0.3) is 11.5 Å². The van der Waals surface area contributed by atoms with E-state index in [9.17, 15) is 9.59 Å². The Bertz CT molecular complexity index is 1280. The molecule has 0 unspecified atom stereocenters. The van der Waals surface area contributed by atoms with Crippen LogP contribution in [0.5, 0.6) is 5.75 Å². The maximum Gasteiger partial charge on any atom is 0.259 e. The minimum absolute atomic E-state index is 0.0979. The summed E-state index contributed by atoms with van der Waals surface area (Å²) in [5.41, 5.74) is 2.11. The summed E-state index contributed by atoms with van der Waals surface area (Å²) in [6.45, 7) is 0.0979. The van der Waals surface area contributed by atoms with Crippen molar-refractivity contribution < 1.29 is 9.53 Å². The molecule has 5 nitrogen and oxygen atoms in total. The van der Waals surface area contributed by atoms with E-state index in [1.807, 2.05) is 60.7 Å². The molecule has 150 valence electrons. The highest BCUT2D eigenvalue weighted by molar-refractivity contribution is 9.10. The number of pyridine rings is 1. The van der Waals surface area contributed by atoms with Gasteiger partial charge in [0.2, 0.25) is 0 Å². The number of anilines is 1. The van der Waals surface area contributed by atoms with Crippen LogP contribution in [0.1, 0.15) is 15.9 Å². The van der Waals surface area contributed by atoms with Gasteiger partial charge >= 0.3 is 0 Å². The van der Waals surface area contributed by atoms with E-state index < -0.39 is 0 Å². The van der Waals surface area contributed by atoms with Gasteiger partial charge in [0, 0.05) is 15.6 Å². The van der Waals surface area contributed by atoms with Crippen molar-refractivity contribution >= 4 is 38.4 Å². The summed E-state index contributed by atoms with van der Waals surface area (Å²) < 4.78 is 6.17. The van der Waals surface area contributed by atoms with E-state index in [1.165, 1.54) is 0 Å². The zero-order valence-electron chi connectivity index (χ0n) is 16.3. The first-order valence-corrected chi connectivity index (χ1v) is 10.2. The molecule has 0 saturated carbocycles. The predicted octanol–water partition coefficient (Wildman–Crippen LogP) is 5.15. The lowest BCUT2D eigenvalue weighted by molar-refractivity contribution is 0.0983. The first-order valence-electron chi connectivity index (χ1n) is 9.39. The van der Waals surface area contributed by atoms with Gasteiger partial charge < -0.3 is 14.6 Å². The highest BCUT2D eigenvalue weighted by Gasteiger charge is 2.24. The third kappa shape index (κ3) is 3.86. The molecule has 0 bridgehead atoms. The number of benzene rings is 3. The van der Waals surface area contributed by atoms with Crippen LogP contribution in [0.15, 0.2) is 88.1 Å². The summed E-state index contributed by atoms with van der Waals surface area (Å²) in [5, 5.41) is 0.903. The Labute approximate surface area is 182 Å². The average Bonchev–Trinajstić information content (AvgIpc) is 2.77. The Morgan fingerprint density at radius 1 is 1.00 bits per heavy atom. The van der Waals surface area contributed by atoms with Crippen molar-refractivity contribution in [1.29, 1.82) is 0 Å².